The average molecular weight is 430 g/mol. The van der Waals surface area contributed by atoms with Crippen LogP contribution >= 0.6 is 22.9 Å². The Kier molecular flexibility index (Phi) is 5.20. The number of nitrogens with zero attached hydrogens (tertiary/aromatic N) is 3. The molecule has 5 nitrogen and oxygen atoms in total. The zero-order valence-corrected chi connectivity index (χ0v) is 17.9. The molecule has 2 aromatic heterocycles. The molecular formula is C22H24ClN3O2S. The number of aryl methyl sites for hydroxylation is 1. The predicted molar refractivity (Wildman–Crippen MR) is 116 cm³/mol. The van der Waals surface area contributed by atoms with Crippen LogP contribution in [-0.2, 0) is 6.54 Å². The summed E-state index contributed by atoms with van der Waals surface area (Å²) < 4.78 is 6.30. The molecule has 0 amide bonds. The van der Waals surface area contributed by atoms with Crippen LogP contribution in [-0.4, -0.2) is 45.3 Å². The maximum atomic E-state index is 10.8. The number of thiazole rings is 1. The van der Waals surface area contributed by atoms with Crippen LogP contribution in [0.3, 0.4) is 0 Å². The number of benzene rings is 1. The molecule has 152 valence electrons. The fourth-order valence-corrected chi connectivity index (χ4v) is 5.64. The first-order valence-electron chi connectivity index (χ1n) is 10.1. The van der Waals surface area contributed by atoms with Gasteiger partial charge in [-0.1, -0.05) is 11.6 Å². The molecule has 1 aliphatic heterocycles. The van der Waals surface area contributed by atoms with E-state index in [1.54, 1.807) is 17.5 Å². The van der Waals surface area contributed by atoms with Gasteiger partial charge < -0.3 is 9.84 Å². The van der Waals surface area contributed by atoms with Crippen LogP contribution < -0.4 is 4.74 Å². The maximum absolute atomic E-state index is 10.8. The zero-order chi connectivity index (χ0) is 20.0. The van der Waals surface area contributed by atoms with Crippen molar-refractivity contribution in [2.24, 2.45) is 11.8 Å². The van der Waals surface area contributed by atoms with E-state index in [2.05, 4.69) is 20.2 Å². The molecule has 0 radical (unpaired) electrons. The number of aliphatic hydroxyl groups is 1. The summed E-state index contributed by atoms with van der Waals surface area (Å²) in [6, 6.07) is 7.52. The molecule has 0 unspecified atom stereocenters. The standard InChI is InChI=1S/C22H24ClN3O2S/c1-13-25-16(12-29-13)11-26-9-14-7-19(27)21(8-15(14)10-26)28-20-5-4-18(23)17-3-2-6-24-22(17)20/h2-6,12,14-15,19,21,27H,7-11H2,1H3/t14-,15+,19+,21+/m0/s1. The Hall–Kier alpha value is -1.73. The topological polar surface area (TPSA) is 58.5 Å². The van der Waals surface area contributed by atoms with E-state index in [-0.39, 0.29) is 6.10 Å². The van der Waals surface area contributed by atoms with Gasteiger partial charge in [0.2, 0.25) is 0 Å². The lowest BCUT2D eigenvalue weighted by Crippen LogP contribution is -2.42. The van der Waals surface area contributed by atoms with Gasteiger partial charge in [0.25, 0.3) is 0 Å². The van der Waals surface area contributed by atoms with Crippen molar-refractivity contribution in [2.75, 3.05) is 13.1 Å². The highest BCUT2D eigenvalue weighted by molar-refractivity contribution is 7.09. The van der Waals surface area contributed by atoms with Gasteiger partial charge in [-0.2, -0.15) is 0 Å². The Labute approximate surface area is 179 Å². The molecule has 2 aliphatic rings. The van der Waals surface area contributed by atoms with Gasteiger partial charge in [-0.05, 0) is 55.9 Å². The van der Waals surface area contributed by atoms with Crippen LogP contribution in [0.1, 0.15) is 23.5 Å². The van der Waals surface area contributed by atoms with Gasteiger partial charge >= 0.3 is 0 Å². The number of likely N-dealkylation sites (tertiary alicyclic amines) is 1. The van der Waals surface area contributed by atoms with E-state index in [1.165, 1.54) is 0 Å². The third-order valence-electron chi connectivity index (χ3n) is 6.17. The number of ether oxygens (including phenoxy) is 1. The van der Waals surface area contributed by atoms with E-state index in [1.807, 2.05) is 31.2 Å². The van der Waals surface area contributed by atoms with Crippen LogP contribution in [0.4, 0.5) is 0 Å². The Bertz CT molecular complexity index is 1030. The highest BCUT2D eigenvalue weighted by atomic mass is 35.5. The molecule has 5 rings (SSSR count). The zero-order valence-electron chi connectivity index (χ0n) is 16.3. The maximum Gasteiger partial charge on any atom is 0.146 e. The Morgan fingerprint density at radius 1 is 1.24 bits per heavy atom. The summed E-state index contributed by atoms with van der Waals surface area (Å²) in [4.78, 5) is 11.5. The molecule has 7 heteroatoms. The highest BCUT2D eigenvalue weighted by Crippen LogP contribution is 2.39. The van der Waals surface area contributed by atoms with Crippen LogP contribution in [0.15, 0.2) is 35.8 Å². The molecule has 1 N–H and O–H groups in total. The molecule has 0 bridgehead atoms. The monoisotopic (exact) mass is 429 g/mol. The second-order valence-corrected chi connectivity index (χ2v) is 9.68. The molecule has 3 aromatic rings. The van der Waals surface area contributed by atoms with E-state index < -0.39 is 6.10 Å². The van der Waals surface area contributed by atoms with Crippen molar-refractivity contribution in [3.8, 4) is 5.75 Å². The molecule has 4 atom stereocenters. The van der Waals surface area contributed by atoms with Crippen molar-refractivity contribution in [1.82, 2.24) is 14.9 Å². The van der Waals surface area contributed by atoms with Crippen LogP contribution in [0.25, 0.3) is 10.9 Å². The summed E-state index contributed by atoms with van der Waals surface area (Å²) in [6.45, 7) is 5.00. The molecule has 1 aromatic carbocycles. The second-order valence-electron chi connectivity index (χ2n) is 8.21. The van der Waals surface area contributed by atoms with E-state index in [9.17, 15) is 5.11 Å². The van der Waals surface area contributed by atoms with Crippen molar-refractivity contribution in [2.45, 2.75) is 38.5 Å². The van der Waals surface area contributed by atoms with Gasteiger partial charge in [-0.25, -0.2) is 4.98 Å². The molecule has 2 fully saturated rings. The van der Waals surface area contributed by atoms with Crippen molar-refractivity contribution in [3.05, 3.63) is 51.6 Å². The summed E-state index contributed by atoms with van der Waals surface area (Å²) in [6.07, 6.45) is 2.70. The summed E-state index contributed by atoms with van der Waals surface area (Å²) in [5, 5.41) is 15.6. The number of fused-ring (bicyclic) bond motifs is 2. The van der Waals surface area contributed by atoms with Gasteiger partial charge in [0.15, 0.2) is 0 Å². The fourth-order valence-electron chi connectivity index (χ4n) is 4.82. The molecule has 1 saturated carbocycles. The van der Waals surface area contributed by atoms with Crippen molar-refractivity contribution in [1.29, 1.82) is 0 Å². The molecule has 1 aliphatic carbocycles. The minimum atomic E-state index is -0.466. The first-order valence-corrected chi connectivity index (χ1v) is 11.3. The van der Waals surface area contributed by atoms with E-state index in [4.69, 9.17) is 16.3 Å². The number of rotatable bonds is 4. The first kappa shape index (κ1) is 19.2. The lowest BCUT2D eigenvalue weighted by atomic mass is 9.78. The van der Waals surface area contributed by atoms with Crippen LogP contribution in [0, 0.1) is 18.8 Å². The third kappa shape index (κ3) is 3.87. The van der Waals surface area contributed by atoms with Crippen LogP contribution in [0.5, 0.6) is 5.75 Å². The van der Waals surface area contributed by atoms with E-state index in [0.29, 0.717) is 22.6 Å². The Morgan fingerprint density at radius 2 is 2.07 bits per heavy atom. The SMILES string of the molecule is Cc1nc(CN2C[C@H]3C[C@@H](Oc4ccc(Cl)c5cccnc45)[C@H](O)C[C@H]3C2)cs1. The quantitative estimate of drug-likeness (QED) is 0.669. The van der Waals surface area contributed by atoms with Gasteiger partial charge in [0, 0.05) is 36.6 Å². The summed E-state index contributed by atoms with van der Waals surface area (Å²) in [5.74, 6) is 1.75. The van der Waals surface area contributed by atoms with Gasteiger partial charge in [0.05, 0.1) is 21.8 Å². The molecule has 29 heavy (non-hydrogen) atoms. The lowest BCUT2D eigenvalue weighted by Gasteiger charge is -2.35. The molecule has 0 spiro atoms. The van der Waals surface area contributed by atoms with Crippen LogP contribution in [0.2, 0.25) is 5.02 Å². The second kappa shape index (κ2) is 7.84. The van der Waals surface area contributed by atoms with Gasteiger partial charge in [-0.3, -0.25) is 9.88 Å². The minimum absolute atomic E-state index is 0.218. The summed E-state index contributed by atoms with van der Waals surface area (Å²) in [7, 11) is 0. The average Bonchev–Trinajstić information content (AvgIpc) is 3.29. The summed E-state index contributed by atoms with van der Waals surface area (Å²) >= 11 is 8.01. The smallest absolute Gasteiger partial charge is 0.146 e. The van der Waals surface area contributed by atoms with E-state index >= 15 is 0 Å². The minimum Gasteiger partial charge on any atom is -0.485 e. The molecular weight excluding hydrogens is 406 g/mol. The highest BCUT2D eigenvalue weighted by Gasteiger charge is 2.42. The Balaban J connectivity index is 1.29. The van der Waals surface area contributed by atoms with Gasteiger partial charge in [0.1, 0.15) is 17.4 Å². The molecule has 1 saturated heterocycles. The van der Waals surface area contributed by atoms with E-state index in [0.717, 1.165) is 54.1 Å². The largest absolute Gasteiger partial charge is 0.485 e. The normalized spacial score (nSPS) is 27.3. The van der Waals surface area contributed by atoms with Crippen molar-refractivity contribution in [3.63, 3.8) is 0 Å². The first-order chi connectivity index (χ1) is 14.1. The predicted octanol–water partition coefficient (Wildman–Crippen LogP) is 4.30. The lowest BCUT2D eigenvalue weighted by molar-refractivity contribution is -0.0225. The number of aromatic nitrogens is 2. The van der Waals surface area contributed by atoms with Gasteiger partial charge in [-0.15, -0.1) is 11.3 Å². The van der Waals surface area contributed by atoms with Crippen molar-refractivity contribution < 1.29 is 9.84 Å². The third-order valence-corrected chi connectivity index (χ3v) is 7.32. The summed E-state index contributed by atoms with van der Waals surface area (Å²) in [5.41, 5.74) is 1.90. The fraction of sp³-hybridized carbons (Fsp3) is 0.455. The molecule has 3 heterocycles. The Morgan fingerprint density at radius 3 is 2.86 bits per heavy atom. The number of hydrogen-bond acceptors (Lipinski definition) is 6. The number of halogens is 1. The van der Waals surface area contributed by atoms with Crippen molar-refractivity contribution >= 4 is 33.8 Å². The number of hydrogen-bond donors (Lipinski definition) is 1. The number of aliphatic hydroxyl groups excluding tert-OH is 1. The number of pyridine rings is 1.